The average molecular weight is 238 g/mol. The van der Waals surface area contributed by atoms with E-state index < -0.39 is 0 Å². The van der Waals surface area contributed by atoms with Crippen molar-refractivity contribution in [3.05, 3.63) is 0 Å². The molecule has 0 radical (unpaired) electrons. The van der Waals surface area contributed by atoms with Gasteiger partial charge in [0, 0.05) is 6.04 Å². The molecule has 17 heavy (non-hydrogen) atoms. The van der Waals surface area contributed by atoms with Gasteiger partial charge in [-0.3, -0.25) is 10.1 Å². The highest BCUT2D eigenvalue weighted by Gasteiger charge is 2.41. The molecule has 3 heteroatoms. The van der Waals surface area contributed by atoms with Crippen LogP contribution in [0.4, 0.5) is 0 Å². The Morgan fingerprint density at radius 2 is 1.76 bits per heavy atom. The Morgan fingerprint density at radius 1 is 1.18 bits per heavy atom. The summed E-state index contributed by atoms with van der Waals surface area (Å²) in [7, 11) is 0. The summed E-state index contributed by atoms with van der Waals surface area (Å²) in [6.07, 6.45) is 4.79. The molecule has 1 heterocycles. The van der Waals surface area contributed by atoms with Gasteiger partial charge in [0.2, 0.25) is 5.91 Å². The van der Waals surface area contributed by atoms with Crippen LogP contribution in [0.2, 0.25) is 0 Å². The second-order valence-electron chi connectivity index (χ2n) is 6.12. The van der Waals surface area contributed by atoms with Crippen molar-refractivity contribution in [2.75, 3.05) is 0 Å². The molecule has 1 aliphatic carbocycles. The first-order valence-corrected chi connectivity index (χ1v) is 7.11. The topological polar surface area (TPSA) is 32.3 Å². The van der Waals surface area contributed by atoms with Crippen LogP contribution >= 0.6 is 0 Å². The summed E-state index contributed by atoms with van der Waals surface area (Å²) in [5.74, 6) is 1.83. The van der Waals surface area contributed by atoms with Crippen molar-refractivity contribution in [2.45, 2.75) is 71.6 Å². The molecule has 4 unspecified atom stereocenters. The third-order valence-electron chi connectivity index (χ3n) is 4.37. The van der Waals surface area contributed by atoms with E-state index in [1.165, 1.54) is 19.3 Å². The lowest BCUT2D eigenvalue weighted by atomic mass is 9.79. The van der Waals surface area contributed by atoms with Crippen molar-refractivity contribution in [1.29, 1.82) is 0 Å². The third-order valence-corrected chi connectivity index (χ3v) is 4.37. The Kier molecular flexibility index (Phi) is 3.76. The minimum absolute atomic E-state index is 0.0533. The molecule has 0 aromatic carbocycles. The van der Waals surface area contributed by atoms with Crippen molar-refractivity contribution < 1.29 is 4.79 Å². The largest absolute Gasteiger partial charge is 0.323 e. The number of rotatable bonds is 2. The Morgan fingerprint density at radius 3 is 2.24 bits per heavy atom. The SMILES string of the molecule is CCC1NC(C)N(C2CC(C)CC(C)C2)C1=O. The van der Waals surface area contributed by atoms with Gasteiger partial charge in [0.1, 0.15) is 0 Å². The number of nitrogens with one attached hydrogen (secondary N) is 1. The van der Waals surface area contributed by atoms with E-state index in [0.29, 0.717) is 11.9 Å². The first kappa shape index (κ1) is 12.9. The molecule has 98 valence electrons. The maximum Gasteiger partial charge on any atom is 0.241 e. The summed E-state index contributed by atoms with van der Waals surface area (Å²) >= 11 is 0. The van der Waals surface area contributed by atoms with E-state index in [1.807, 2.05) is 0 Å². The average Bonchev–Trinajstić information content (AvgIpc) is 2.52. The van der Waals surface area contributed by atoms with Gasteiger partial charge in [0.25, 0.3) is 0 Å². The van der Waals surface area contributed by atoms with Gasteiger partial charge < -0.3 is 4.90 Å². The molecule has 1 N–H and O–H groups in total. The molecule has 2 rings (SSSR count). The van der Waals surface area contributed by atoms with Crippen molar-refractivity contribution in [3.8, 4) is 0 Å². The third kappa shape index (κ3) is 2.49. The predicted octanol–water partition coefficient (Wildman–Crippen LogP) is 2.37. The Labute approximate surface area is 105 Å². The molecule has 2 aliphatic rings. The van der Waals surface area contributed by atoms with Crippen LogP contribution in [-0.4, -0.2) is 29.1 Å². The molecular formula is C14H26N2O. The molecule has 1 amide bonds. The zero-order valence-electron chi connectivity index (χ0n) is 11.6. The number of hydrogen-bond donors (Lipinski definition) is 1. The van der Waals surface area contributed by atoms with Crippen LogP contribution in [0.1, 0.15) is 53.4 Å². The fourth-order valence-electron chi connectivity index (χ4n) is 3.73. The van der Waals surface area contributed by atoms with E-state index >= 15 is 0 Å². The summed E-state index contributed by atoms with van der Waals surface area (Å²) < 4.78 is 0. The second-order valence-corrected chi connectivity index (χ2v) is 6.12. The Balaban J connectivity index is 2.08. The van der Waals surface area contributed by atoms with Crippen LogP contribution in [0.15, 0.2) is 0 Å². The lowest BCUT2D eigenvalue weighted by Gasteiger charge is -2.39. The van der Waals surface area contributed by atoms with Crippen molar-refractivity contribution in [1.82, 2.24) is 10.2 Å². The van der Waals surface area contributed by atoms with Crippen LogP contribution in [0.5, 0.6) is 0 Å². The first-order valence-electron chi connectivity index (χ1n) is 7.11. The van der Waals surface area contributed by atoms with E-state index in [-0.39, 0.29) is 12.2 Å². The first-order chi connectivity index (χ1) is 8.02. The molecule has 0 aromatic rings. The van der Waals surface area contributed by atoms with Crippen LogP contribution < -0.4 is 5.32 Å². The van der Waals surface area contributed by atoms with Crippen molar-refractivity contribution in [3.63, 3.8) is 0 Å². The zero-order valence-corrected chi connectivity index (χ0v) is 11.6. The molecule has 4 atom stereocenters. The Hall–Kier alpha value is -0.570. The molecule has 1 saturated carbocycles. The highest BCUT2D eigenvalue weighted by molar-refractivity contribution is 5.84. The van der Waals surface area contributed by atoms with Gasteiger partial charge in [-0.05, 0) is 44.4 Å². The monoisotopic (exact) mass is 238 g/mol. The fraction of sp³-hybridized carbons (Fsp3) is 0.929. The summed E-state index contributed by atoms with van der Waals surface area (Å²) in [5, 5.41) is 3.41. The highest BCUT2D eigenvalue weighted by Crippen LogP contribution is 2.33. The number of carbonyl (C=O) groups excluding carboxylic acids is 1. The van der Waals surface area contributed by atoms with Crippen molar-refractivity contribution in [2.24, 2.45) is 11.8 Å². The van der Waals surface area contributed by atoms with E-state index in [0.717, 1.165) is 18.3 Å². The maximum atomic E-state index is 12.3. The molecule has 1 aliphatic heterocycles. The van der Waals surface area contributed by atoms with Gasteiger partial charge >= 0.3 is 0 Å². The quantitative estimate of drug-likeness (QED) is 0.801. The van der Waals surface area contributed by atoms with Gasteiger partial charge in [-0.15, -0.1) is 0 Å². The smallest absolute Gasteiger partial charge is 0.241 e. The van der Waals surface area contributed by atoms with Gasteiger partial charge in [-0.25, -0.2) is 0 Å². The van der Waals surface area contributed by atoms with E-state index in [9.17, 15) is 4.79 Å². The second kappa shape index (κ2) is 4.97. The molecule has 3 nitrogen and oxygen atoms in total. The van der Waals surface area contributed by atoms with Gasteiger partial charge in [-0.1, -0.05) is 20.8 Å². The highest BCUT2D eigenvalue weighted by atomic mass is 16.2. The molecule has 1 saturated heterocycles. The molecule has 0 bridgehead atoms. The normalized spacial score (nSPS) is 43.2. The number of amides is 1. The lowest BCUT2D eigenvalue weighted by Crippen LogP contribution is -2.46. The standard InChI is InChI=1S/C14H26N2O/c1-5-13-14(17)16(11(4)15-13)12-7-9(2)6-10(3)8-12/h9-13,15H,5-8H2,1-4H3. The van der Waals surface area contributed by atoms with E-state index in [4.69, 9.17) is 0 Å². The van der Waals surface area contributed by atoms with Gasteiger partial charge in [-0.2, -0.15) is 0 Å². The van der Waals surface area contributed by atoms with Crippen LogP contribution in [-0.2, 0) is 4.79 Å². The minimum Gasteiger partial charge on any atom is -0.323 e. The summed E-state index contributed by atoms with van der Waals surface area (Å²) in [6, 6.07) is 0.512. The Bertz CT molecular complexity index is 282. The van der Waals surface area contributed by atoms with E-state index in [2.05, 4.69) is 37.9 Å². The van der Waals surface area contributed by atoms with Crippen LogP contribution in [0.25, 0.3) is 0 Å². The summed E-state index contributed by atoms with van der Waals surface area (Å²) in [6.45, 7) is 8.84. The summed E-state index contributed by atoms with van der Waals surface area (Å²) in [5.41, 5.74) is 0. The maximum absolute atomic E-state index is 12.3. The number of hydrogen-bond acceptors (Lipinski definition) is 2. The van der Waals surface area contributed by atoms with E-state index in [1.54, 1.807) is 0 Å². The fourth-order valence-corrected chi connectivity index (χ4v) is 3.73. The number of nitrogens with zero attached hydrogens (tertiary/aromatic N) is 1. The summed E-state index contributed by atoms with van der Waals surface area (Å²) in [4.78, 5) is 14.4. The van der Waals surface area contributed by atoms with Crippen molar-refractivity contribution >= 4 is 5.91 Å². The zero-order chi connectivity index (χ0) is 12.6. The lowest BCUT2D eigenvalue weighted by molar-refractivity contribution is -0.133. The molecule has 0 spiro atoms. The predicted molar refractivity (Wildman–Crippen MR) is 69.5 cm³/mol. The molecular weight excluding hydrogens is 212 g/mol. The van der Waals surface area contributed by atoms with Crippen LogP contribution in [0.3, 0.4) is 0 Å². The van der Waals surface area contributed by atoms with Gasteiger partial charge in [0.15, 0.2) is 0 Å². The van der Waals surface area contributed by atoms with Crippen LogP contribution in [0, 0.1) is 11.8 Å². The number of carbonyl (C=O) groups is 1. The molecule has 0 aromatic heterocycles. The minimum atomic E-state index is 0.0533. The molecule has 2 fully saturated rings. The van der Waals surface area contributed by atoms with Gasteiger partial charge in [0.05, 0.1) is 12.2 Å².